The van der Waals surface area contributed by atoms with Gasteiger partial charge in [-0.15, -0.1) is 0 Å². The fourth-order valence-corrected chi connectivity index (χ4v) is 3.14. The summed E-state index contributed by atoms with van der Waals surface area (Å²) in [5.41, 5.74) is 0.936. The monoisotopic (exact) mass is 278 g/mol. The van der Waals surface area contributed by atoms with Crippen LogP contribution in [0.3, 0.4) is 0 Å². The van der Waals surface area contributed by atoms with Crippen molar-refractivity contribution in [3.63, 3.8) is 0 Å². The molecule has 1 aliphatic rings. The molecular formula is C12H10N2O2S2. The first-order chi connectivity index (χ1) is 8.74. The Labute approximate surface area is 113 Å². The van der Waals surface area contributed by atoms with Crippen molar-refractivity contribution in [1.29, 1.82) is 0 Å². The number of cyclic esters (lactones) is 1. The van der Waals surface area contributed by atoms with Crippen LogP contribution in [0.25, 0.3) is 10.9 Å². The Kier molecular flexibility index (Phi) is 3.05. The third-order valence-corrected chi connectivity index (χ3v) is 4.18. The molecule has 1 aromatic heterocycles. The molecule has 0 saturated carbocycles. The maximum atomic E-state index is 11.4. The zero-order valence-electron chi connectivity index (χ0n) is 9.38. The molecule has 1 atom stereocenters. The molecule has 1 aromatic carbocycles. The van der Waals surface area contributed by atoms with Gasteiger partial charge in [-0.1, -0.05) is 36.1 Å². The molecule has 18 heavy (non-hydrogen) atoms. The first kappa shape index (κ1) is 11.7. The van der Waals surface area contributed by atoms with E-state index in [9.17, 15) is 4.79 Å². The van der Waals surface area contributed by atoms with Gasteiger partial charge < -0.3 is 9.72 Å². The summed E-state index contributed by atoms with van der Waals surface area (Å²) in [6.45, 7) is 0.491. The Hall–Kier alpha value is -1.40. The van der Waals surface area contributed by atoms with Crippen molar-refractivity contribution in [2.24, 2.45) is 0 Å². The Morgan fingerprint density at radius 2 is 2.28 bits per heavy atom. The van der Waals surface area contributed by atoms with Crippen LogP contribution in [0.15, 0.2) is 29.4 Å². The number of fused-ring (bicyclic) bond motifs is 1. The Morgan fingerprint density at radius 3 is 3.06 bits per heavy atom. The highest BCUT2D eigenvalue weighted by Crippen LogP contribution is 2.28. The van der Waals surface area contributed by atoms with Crippen LogP contribution in [-0.2, 0) is 9.53 Å². The van der Waals surface area contributed by atoms with Crippen molar-refractivity contribution in [2.45, 2.75) is 16.8 Å². The van der Waals surface area contributed by atoms with Crippen LogP contribution in [0.1, 0.15) is 6.42 Å². The van der Waals surface area contributed by atoms with E-state index in [0.29, 0.717) is 16.4 Å². The van der Waals surface area contributed by atoms with Crippen LogP contribution in [0.2, 0.25) is 0 Å². The van der Waals surface area contributed by atoms with Crippen molar-refractivity contribution in [3.8, 4) is 0 Å². The molecule has 2 heterocycles. The number of esters is 1. The zero-order valence-corrected chi connectivity index (χ0v) is 11.0. The molecule has 1 saturated heterocycles. The molecule has 1 fully saturated rings. The van der Waals surface area contributed by atoms with Crippen molar-refractivity contribution in [1.82, 2.24) is 9.97 Å². The number of aromatic amines is 1. The quantitative estimate of drug-likeness (QED) is 0.520. The normalized spacial score (nSPS) is 19.1. The van der Waals surface area contributed by atoms with E-state index in [1.54, 1.807) is 0 Å². The zero-order chi connectivity index (χ0) is 12.5. The molecule has 3 rings (SSSR count). The van der Waals surface area contributed by atoms with Gasteiger partial charge in [-0.05, 0) is 12.1 Å². The minimum atomic E-state index is -0.177. The van der Waals surface area contributed by atoms with E-state index in [4.69, 9.17) is 17.0 Å². The maximum absolute atomic E-state index is 11.4. The topological polar surface area (TPSA) is 55.0 Å². The summed E-state index contributed by atoms with van der Waals surface area (Å²) >= 11 is 6.63. The highest BCUT2D eigenvalue weighted by atomic mass is 32.2. The summed E-state index contributed by atoms with van der Waals surface area (Å²) in [6, 6.07) is 7.74. The Bertz CT molecular complexity index is 668. The van der Waals surface area contributed by atoms with E-state index in [2.05, 4.69) is 9.97 Å². The Balaban J connectivity index is 1.98. The first-order valence-corrected chi connectivity index (χ1v) is 6.85. The van der Waals surface area contributed by atoms with Crippen molar-refractivity contribution >= 4 is 40.9 Å². The third-order valence-electron chi connectivity index (χ3n) is 2.74. The number of nitrogens with one attached hydrogen (secondary N) is 1. The van der Waals surface area contributed by atoms with E-state index >= 15 is 0 Å². The number of para-hydroxylation sites is 1. The summed E-state index contributed by atoms with van der Waals surface area (Å²) < 4.78 is 5.48. The molecule has 92 valence electrons. The lowest BCUT2D eigenvalue weighted by molar-refractivity contribution is -0.137. The average Bonchev–Trinajstić information content (AvgIpc) is 2.75. The summed E-state index contributed by atoms with van der Waals surface area (Å²) in [4.78, 5) is 18.9. The van der Waals surface area contributed by atoms with Crippen LogP contribution in [0.5, 0.6) is 0 Å². The van der Waals surface area contributed by atoms with E-state index < -0.39 is 0 Å². The SMILES string of the molecule is O=C1OCC[C@@H]1Sc1nc(=S)c2ccccc2[nH]1. The predicted octanol–water partition coefficient (Wildman–Crippen LogP) is 2.70. The highest BCUT2D eigenvalue weighted by Gasteiger charge is 2.28. The lowest BCUT2D eigenvalue weighted by Gasteiger charge is -2.06. The number of aromatic nitrogens is 2. The summed E-state index contributed by atoms with van der Waals surface area (Å²) in [5, 5.41) is 1.41. The van der Waals surface area contributed by atoms with Gasteiger partial charge in [0.1, 0.15) is 9.89 Å². The highest BCUT2D eigenvalue weighted by molar-refractivity contribution is 8.00. The number of H-pyrrole nitrogens is 1. The van der Waals surface area contributed by atoms with Crippen LogP contribution < -0.4 is 0 Å². The van der Waals surface area contributed by atoms with E-state index in [0.717, 1.165) is 17.3 Å². The molecule has 0 unspecified atom stereocenters. The molecule has 0 bridgehead atoms. The lowest BCUT2D eigenvalue weighted by atomic mass is 10.2. The third kappa shape index (κ3) is 2.13. The minimum absolute atomic E-state index is 0.172. The number of nitrogens with zero attached hydrogens (tertiary/aromatic N) is 1. The number of thioether (sulfide) groups is 1. The summed E-state index contributed by atoms with van der Waals surface area (Å²) in [5.74, 6) is -0.172. The lowest BCUT2D eigenvalue weighted by Crippen LogP contribution is -2.10. The van der Waals surface area contributed by atoms with Crippen LogP contribution >= 0.6 is 24.0 Å². The molecule has 4 nitrogen and oxygen atoms in total. The number of carbonyl (C=O) groups is 1. The fourth-order valence-electron chi connectivity index (χ4n) is 1.85. The van der Waals surface area contributed by atoms with Crippen LogP contribution in [0.4, 0.5) is 0 Å². The maximum Gasteiger partial charge on any atom is 0.319 e. The second-order valence-corrected chi connectivity index (χ2v) is 5.53. The molecule has 1 aliphatic heterocycles. The first-order valence-electron chi connectivity index (χ1n) is 5.56. The minimum Gasteiger partial charge on any atom is -0.465 e. The number of hydrogen-bond donors (Lipinski definition) is 1. The van der Waals surface area contributed by atoms with Crippen molar-refractivity contribution in [2.75, 3.05) is 6.61 Å². The number of ether oxygens (including phenoxy) is 1. The van der Waals surface area contributed by atoms with Gasteiger partial charge in [-0.2, -0.15) is 0 Å². The van der Waals surface area contributed by atoms with Crippen molar-refractivity contribution in [3.05, 3.63) is 28.9 Å². The number of hydrogen-bond acceptors (Lipinski definition) is 5. The van der Waals surface area contributed by atoms with Gasteiger partial charge in [0.2, 0.25) is 0 Å². The van der Waals surface area contributed by atoms with Gasteiger partial charge >= 0.3 is 5.97 Å². The van der Waals surface area contributed by atoms with Crippen LogP contribution in [-0.4, -0.2) is 27.8 Å². The molecule has 1 N–H and O–H groups in total. The standard InChI is InChI=1S/C12H10N2O2S2/c15-11-9(5-6-16-11)18-12-13-8-4-2-1-3-7(8)10(17)14-12/h1-4,9H,5-6H2,(H,13,14,17)/t9-/m0/s1. The van der Waals surface area contributed by atoms with E-state index in [1.165, 1.54) is 11.8 Å². The molecule has 6 heteroatoms. The smallest absolute Gasteiger partial charge is 0.319 e. The van der Waals surface area contributed by atoms with Gasteiger partial charge in [-0.3, -0.25) is 4.79 Å². The molecule has 0 aliphatic carbocycles. The molecule has 0 radical (unpaired) electrons. The van der Waals surface area contributed by atoms with Gasteiger partial charge in [-0.25, -0.2) is 4.98 Å². The second-order valence-electron chi connectivity index (χ2n) is 3.96. The fraction of sp³-hybridized carbons (Fsp3) is 0.250. The second kappa shape index (κ2) is 4.70. The predicted molar refractivity (Wildman–Crippen MR) is 72.1 cm³/mol. The van der Waals surface area contributed by atoms with Gasteiger partial charge in [0.25, 0.3) is 0 Å². The van der Waals surface area contributed by atoms with E-state index in [1.807, 2.05) is 24.3 Å². The average molecular weight is 278 g/mol. The summed E-state index contributed by atoms with van der Waals surface area (Å²) in [7, 11) is 0. The molecular weight excluding hydrogens is 268 g/mol. The van der Waals surface area contributed by atoms with E-state index in [-0.39, 0.29) is 11.2 Å². The number of carbonyl (C=O) groups excluding carboxylic acids is 1. The molecule has 2 aromatic rings. The summed E-state index contributed by atoms with van der Waals surface area (Å²) in [6.07, 6.45) is 0.721. The van der Waals surface area contributed by atoms with Crippen LogP contribution in [0, 0.1) is 4.64 Å². The van der Waals surface area contributed by atoms with Gasteiger partial charge in [0.15, 0.2) is 5.16 Å². The molecule has 0 amide bonds. The number of rotatable bonds is 2. The molecule has 0 spiro atoms. The Morgan fingerprint density at radius 1 is 1.44 bits per heavy atom. The van der Waals surface area contributed by atoms with Gasteiger partial charge in [0, 0.05) is 11.8 Å². The largest absolute Gasteiger partial charge is 0.465 e. The van der Waals surface area contributed by atoms with Crippen molar-refractivity contribution < 1.29 is 9.53 Å². The van der Waals surface area contributed by atoms with Gasteiger partial charge in [0.05, 0.1) is 12.1 Å². The number of benzene rings is 1.